The Kier molecular flexibility index (Phi) is 7.05. The number of aromatic nitrogens is 4. The van der Waals surface area contributed by atoms with E-state index in [0.29, 0.717) is 37.1 Å². The summed E-state index contributed by atoms with van der Waals surface area (Å²) in [5.41, 5.74) is 1.13. The quantitative estimate of drug-likeness (QED) is 0.550. The molecule has 1 N–H and O–H groups in total. The number of hydrogen-bond acceptors (Lipinski definition) is 8. The highest BCUT2D eigenvalue weighted by molar-refractivity contribution is 5.84. The van der Waals surface area contributed by atoms with Gasteiger partial charge in [-0.15, -0.1) is 0 Å². The topological polar surface area (TPSA) is 110 Å². The van der Waals surface area contributed by atoms with Gasteiger partial charge < -0.3 is 19.3 Å². The van der Waals surface area contributed by atoms with Gasteiger partial charge in [0, 0.05) is 38.2 Å². The summed E-state index contributed by atoms with van der Waals surface area (Å²) in [6.07, 6.45) is 2.38. The first-order chi connectivity index (χ1) is 17.4. The smallest absolute Gasteiger partial charge is 0.291 e. The number of para-hydroxylation sites is 1. The van der Waals surface area contributed by atoms with E-state index < -0.39 is 6.61 Å². The van der Waals surface area contributed by atoms with E-state index in [-0.39, 0.29) is 35.6 Å². The second-order valence-corrected chi connectivity index (χ2v) is 9.95. The fourth-order valence-corrected chi connectivity index (χ4v) is 5.56. The lowest BCUT2D eigenvalue weighted by Crippen LogP contribution is -2.52. The zero-order chi connectivity index (χ0) is 25.4. The summed E-state index contributed by atoms with van der Waals surface area (Å²) >= 11 is 0. The Morgan fingerprint density at radius 2 is 2.03 bits per heavy atom. The molecule has 0 unspecified atom stereocenters. The minimum Gasteiger partial charge on any atom is -0.387 e. The number of fused-ring (bicyclic) bond motifs is 1. The van der Waals surface area contributed by atoms with Crippen molar-refractivity contribution >= 4 is 16.8 Å². The largest absolute Gasteiger partial charge is 0.387 e. The van der Waals surface area contributed by atoms with Crippen LogP contribution in [0.4, 0.5) is 4.39 Å². The number of benzene rings is 1. The van der Waals surface area contributed by atoms with Gasteiger partial charge in [-0.25, -0.2) is 4.39 Å². The highest BCUT2D eigenvalue weighted by Gasteiger charge is 2.38. The number of hydrogen-bond donors (Lipinski definition) is 1. The van der Waals surface area contributed by atoms with Crippen LogP contribution in [0.5, 0.6) is 0 Å². The Labute approximate surface area is 209 Å². The van der Waals surface area contributed by atoms with E-state index in [4.69, 9.17) is 14.4 Å². The fraction of sp³-hybridized carbons (Fsp3) is 0.600. The molecule has 2 saturated heterocycles. The maximum atomic E-state index is 14.8. The third kappa shape index (κ3) is 4.51. The van der Waals surface area contributed by atoms with Gasteiger partial charge in [0.1, 0.15) is 17.9 Å². The van der Waals surface area contributed by atoms with Crippen LogP contribution in [0, 0.1) is 5.82 Å². The minimum atomic E-state index is -0.437. The van der Waals surface area contributed by atoms with Crippen LogP contribution in [0.2, 0.25) is 0 Å². The Bertz CT molecular complexity index is 1220. The van der Waals surface area contributed by atoms with Crippen LogP contribution in [0.1, 0.15) is 56.5 Å². The number of likely N-dealkylation sites (tertiary alicyclic amines) is 2. The van der Waals surface area contributed by atoms with Gasteiger partial charge in [-0.3, -0.25) is 9.69 Å². The monoisotopic (exact) mass is 500 g/mol. The van der Waals surface area contributed by atoms with Crippen molar-refractivity contribution in [3.63, 3.8) is 0 Å². The molecule has 36 heavy (non-hydrogen) atoms. The Morgan fingerprint density at radius 1 is 1.25 bits per heavy atom. The van der Waals surface area contributed by atoms with E-state index in [2.05, 4.69) is 20.1 Å². The number of halogens is 1. The highest BCUT2D eigenvalue weighted by atomic mass is 19.1. The molecule has 0 aliphatic carbocycles. The lowest BCUT2D eigenvalue weighted by molar-refractivity contribution is -0.136. The van der Waals surface area contributed by atoms with E-state index in [1.54, 1.807) is 18.1 Å². The molecule has 2 aromatic heterocycles. The first-order valence-corrected chi connectivity index (χ1v) is 12.6. The molecule has 0 spiro atoms. The number of piperidine rings is 2. The van der Waals surface area contributed by atoms with Gasteiger partial charge in [0.05, 0.1) is 17.7 Å². The molecule has 5 rings (SSSR count). The number of rotatable bonds is 6. The van der Waals surface area contributed by atoms with Crippen molar-refractivity contribution in [1.29, 1.82) is 0 Å². The highest BCUT2D eigenvalue weighted by Crippen LogP contribution is 2.33. The summed E-state index contributed by atoms with van der Waals surface area (Å²) in [5.74, 6) is 0.112. The summed E-state index contributed by atoms with van der Waals surface area (Å²) in [6, 6.07) is 5.31. The third-order valence-corrected chi connectivity index (χ3v) is 7.53. The van der Waals surface area contributed by atoms with Crippen LogP contribution in [-0.4, -0.2) is 92.8 Å². The first kappa shape index (κ1) is 24.8. The predicted molar refractivity (Wildman–Crippen MR) is 129 cm³/mol. The van der Waals surface area contributed by atoms with Crippen molar-refractivity contribution < 1.29 is 23.6 Å². The number of carbonyl (C=O) groups is 1. The van der Waals surface area contributed by atoms with E-state index in [0.717, 1.165) is 36.9 Å². The SMILES string of the molecule is CO[C@H]1CN(C2CCN(C(=O)CO)CC2)CC[C@H]1c1nc(-n2nc(C(C)C)c3cccc(F)c32)no1. The molecule has 1 amide bonds. The molecule has 2 aliphatic rings. The molecular weight excluding hydrogens is 467 g/mol. The number of aliphatic hydroxyl groups is 1. The molecule has 2 atom stereocenters. The standard InChI is InChI=1S/C25H33FN6O4/c1-15(2)22-18-5-4-6-19(26)23(18)32(28-22)25-27-24(36-29-25)17-9-12-31(13-20(17)35-3)16-7-10-30(11-8-16)21(34)14-33/h4-6,15-17,20,33H,7-14H2,1-3H3/t17-,20+/m1/s1. The molecule has 4 heterocycles. The van der Waals surface area contributed by atoms with Gasteiger partial charge in [-0.05, 0) is 42.9 Å². The molecule has 11 heteroatoms. The number of nitrogens with zero attached hydrogens (tertiary/aromatic N) is 6. The van der Waals surface area contributed by atoms with Crippen molar-refractivity contribution in [3.05, 3.63) is 35.6 Å². The number of amides is 1. The maximum absolute atomic E-state index is 14.8. The van der Waals surface area contributed by atoms with E-state index in [1.807, 2.05) is 19.9 Å². The molecular formula is C25H33FN6O4. The van der Waals surface area contributed by atoms with E-state index in [9.17, 15) is 9.18 Å². The molecule has 194 valence electrons. The number of aliphatic hydroxyl groups excluding tert-OH is 1. The lowest BCUT2D eigenvalue weighted by Gasteiger charge is -2.43. The Hall–Kier alpha value is -2.89. The van der Waals surface area contributed by atoms with Gasteiger partial charge in [0.2, 0.25) is 11.8 Å². The summed E-state index contributed by atoms with van der Waals surface area (Å²) in [6.45, 7) is 6.47. The first-order valence-electron chi connectivity index (χ1n) is 12.6. The molecule has 0 bridgehead atoms. The van der Waals surface area contributed by atoms with Gasteiger partial charge >= 0.3 is 0 Å². The van der Waals surface area contributed by atoms with Crippen LogP contribution in [-0.2, 0) is 9.53 Å². The minimum absolute atomic E-state index is 0.0835. The molecule has 3 aromatic rings. The molecule has 10 nitrogen and oxygen atoms in total. The molecule has 2 aliphatic heterocycles. The molecule has 0 radical (unpaired) electrons. The van der Waals surface area contributed by atoms with Crippen molar-refractivity contribution in [2.45, 2.75) is 57.1 Å². The fourth-order valence-electron chi connectivity index (χ4n) is 5.56. The van der Waals surface area contributed by atoms with Crippen LogP contribution < -0.4 is 0 Å². The second kappa shape index (κ2) is 10.2. The van der Waals surface area contributed by atoms with Gasteiger partial charge in [0.25, 0.3) is 5.95 Å². The van der Waals surface area contributed by atoms with Crippen LogP contribution in [0.15, 0.2) is 22.7 Å². The number of ether oxygens (including phenoxy) is 1. The normalized spacial score (nSPS) is 22.1. The van der Waals surface area contributed by atoms with Crippen LogP contribution >= 0.6 is 0 Å². The molecule has 0 saturated carbocycles. The van der Waals surface area contributed by atoms with Gasteiger partial charge in [0.15, 0.2) is 0 Å². The number of carbonyl (C=O) groups excluding carboxylic acids is 1. The van der Waals surface area contributed by atoms with Gasteiger partial charge in [-0.2, -0.15) is 14.8 Å². The van der Waals surface area contributed by atoms with Crippen molar-refractivity contribution in [2.75, 3.05) is 39.9 Å². The third-order valence-electron chi connectivity index (χ3n) is 7.53. The van der Waals surface area contributed by atoms with Crippen molar-refractivity contribution in [3.8, 4) is 5.95 Å². The summed E-state index contributed by atoms with van der Waals surface area (Å²) in [7, 11) is 1.69. The summed E-state index contributed by atoms with van der Waals surface area (Å²) in [4.78, 5) is 20.5. The predicted octanol–water partition coefficient (Wildman–Crippen LogP) is 2.46. The summed E-state index contributed by atoms with van der Waals surface area (Å²) < 4.78 is 27.7. The van der Waals surface area contributed by atoms with E-state index >= 15 is 0 Å². The zero-order valence-corrected chi connectivity index (χ0v) is 20.9. The van der Waals surface area contributed by atoms with Gasteiger partial charge in [-0.1, -0.05) is 26.0 Å². The Morgan fingerprint density at radius 3 is 2.72 bits per heavy atom. The van der Waals surface area contributed by atoms with Crippen LogP contribution in [0.25, 0.3) is 16.9 Å². The van der Waals surface area contributed by atoms with Crippen molar-refractivity contribution in [1.82, 2.24) is 29.7 Å². The zero-order valence-electron chi connectivity index (χ0n) is 20.9. The van der Waals surface area contributed by atoms with Crippen molar-refractivity contribution in [2.24, 2.45) is 0 Å². The average molecular weight is 501 g/mol. The Balaban J connectivity index is 1.32. The maximum Gasteiger partial charge on any atom is 0.291 e. The summed E-state index contributed by atoms with van der Waals surface area (Å²) in [5, 5.41) is 18.6. The average Bonchev–Trinajstić information content (AvgIpc) is 3.54. The molecule has 2 fully saturated rings. The van der Waals surface area contributed by atoms with E-state index in [1.165, 1.54) is 10.7 Å². The number of methoxy groups -OCH3 is 1. The second-order valence-electron chi connectivity index (χ2n) is 9.95. The van der Waals surface area contributed by atoms with Crippen LogP contribution in [0.3, 0.4) is 0 Å². The molecule has 1 aromatic carbocycles. The lowest BCUT2D eigenvalue weighted by atomic mass is 9.91.